The van der Waals surface area contributed by atoms with Gasteiger partial charge in [0, 0.05) is 18.5 Å². The molecule has 0 aliphatic carbocycles. The highest BCUT2D eigenvalue weighted by atomic mass is 16.1. The van der Waals surface area contributed by atoms with Crippen LogP contribution >= 0.6 is 0 Å². The fraction of sp³-hybridized carbons (Fsp3) is 0. The van der Waals surface area contributed by atoms with E-state index >= 15 is 0 Å². The van der Waals surface area contributed by atoms with Gasteiger partial charge in [0.2, 0.25) is 0 Å². The molecule has 2 aromatic heterocycles. The minimum Gasteiger partial charge on any atom is -0.364 e. The summed E-state index contributed by atoms with van der Waals surface area (Å²) >= 11 is 0. The second-order valence-corrected chi connectivity index (χ2v) is 2.32. The van der Waals surface area contributed by atoms with Gasteiger partial charge in [-0.15, -0.1) is 0 Å². The normalized spacial score (nSPS) is 10.3. The zero-order chi connectivity index (χ0) is 8.55. The molecule has 2 N–H and O–H groups in total. The van der Waals surface area contributed by atoms with E-state index in [0.29, 0.717) is 5.65 Å². The van der Waals surface area contributed by atoms with Crippen molar-refractivity contribution in [2.45, 2.75) is 0 Å². The van der Waals surface area contributed by atoms with Gasteiger partial charge in [0.1, 0.15) is 0 Å². The van der Waals surface area contributed by atoms with Gasteiger partial charge in [-0.1, -0.05) is 0 Å². The SMILES string of the molecule is NC(=O)c1cc2ncccn2n1. The quantitative estimate of drug-likeness (QED) is 0.632. The van der Waals surface area contributed by atoms with Crippen LogP contribution in [-0.2, 0) is 0 Å². The van der Waals surface area contributed by atoms with E-state index in [1.54, 1.807) is 24.5 Å². The van der Waals surface area contributed by atoms with Crippen molar-refractivity contribution in [1.29, 1.82) is 0 Å². The van der Waals surface area contributed by atoms with Crippen molar-refractivity contribution < 1.29 is 4.79 Å². The summed E-state index contributed by atoms with van der Waals surface area (Å²) in [6, 6.07) is 3.27. The maximum Gasteiger partial charge on any atom is 0.269 e. The van der Waals surface area contributed by atoms with Crippen LogP contribution in [0.4, 0.5) is 0 Å². The van der Waals surface area contributed by atoms with Crippen molar-refractivity contribution in [3.05, 3.63) is 30.2 Å². The molecule has 12 heavy (non-hydrogen) atoms. The van der Waals surface area contributed by atoms with Gasteiger partial charge in [0.25, 0.3) is 5.91 Å². The monoisotopic (exact) mass is 162 g/mol. The van der Waals surface area contributed by atoms with Crippen LogP contribution in [0.15, 0.2) is 24.5 Å². The van der Waals surface area contributed by atoms with Gasteiger partial charge >= 0.3 is 0 Å². The van der Waals surface area contributed by atoms with E-state index in [4.69, 9.17) is 5.73 Å². The molecule has 0 aliphatic heterocycles. The summed E-state index contributed by atoms with van der Waals surface area (Å²) in [6.45, 7) is 0. The van der Waals surface area contributed by atoms with Crippen LogP contribution in [0.3, 0.4) is 0 Å². The van der Waals surface area contributed by atoms with Gasteiger partial charge in [-0.3, -0.25) is 4.79 Å². The number of nitrogens with zero attached hydrogens (tertiary/aromatic N) is 3. The molecule has 0 unspecified atom stereocenters. The Morgan fingerprint density at radius 1 is 1.58 bits per heavy atom. The topological polar surface area (TPSA) is 73.3 Å². The molecule has 60 valence electrons. The number of primary amides is 1. The Kier molecular flexibility index (Phi) is 1.30. The molecular weight excluding hydrogens is 156 g/mol. The molecule has 2 rings (SSSR count). The van der Waals surface area contributed by atoms with E-state index in [9.17, 15) is 4.79 Å². The van der Waals surface area contributed by atoms with Gasteiger partial charge in [0.05, 0.1) is 0 Å². The number of hydrogen-bond donors (Lipinski definition) is 1. The second-order valence-electron chi connectivity index (χ2n) is 2.32. The van der Waals surface area contributed by atoms with Crippen LogP contribution in [0, 0.1) is 0 Å². The number of nitrogens with two attached hydrogens (primary N) is 1. The molecule has 2 heterocycles. The molecule has 0 aromatic carbocycles. The molecule has 5 nitrogen and oxygen atoms in total. The van der Waals surface area contributed by atoms with E-state index in [-0.39, 0.29) is 5.69 Å². The Balaban J connectivity index is 2.70. The number of rotatable bonds is 1. The van der Waals surface area contributed by atoms with E-state index in [1.807, 2.05) is 0 Å². The molecule has 0 aliphatic rings. The number of carbonyl (C=O) groups excluding carboxylic acids is 1. The van der Waals surface area contributed by atoms with Crippen LogP contribution in [0.1, 0.15) is 10.5 Å². The minimum absolute atomic E-state index is 0.230. The summed E-state index contributed by atoms with van der Waals surface area (Å²) in [4.78, 5) is 14.7. The average molecular weight is 162 g/mol. The van der Waals surface area contributed by atoms with E-state index in [2.05, 4.69) is 10.1 Å². The molecule has 0 saturated carbocycles. The number of carbonyl (C=O) groups is 1. The lowest BCUT2D eigenvalue weighted by molar-refractivity contribution is 0.0995. The van der Waals surface area contributed by atoms with Gasteiger partial charge in [-0.25, -0.2) is 9.50 Å². The van der Waals surface area contributed by atoms with E-state index in [0.717, 1.165) is 0 Å². The Morgan fingerprint density at radius 2 is 2.42 bits per heavy atom. The van der Waals surface area contributed by atoms with Crippen LogP contribution in [-0.4, -0.2) is 20.5 Å². The van der Waals surface area contributed by atoms with Crippen LogP contribution in [0.25, 0.3) is 5.65 Å². The van der Waals surface area contributed by atoms with Crippen molar-refractivity contribution in [3.63, 3.8) is 0 Å². The molecule has 1 amide bonds. The predicted molar refractivity (Wildman–Crippen MR) is 41.5 cm³/mol. The Morgan fingerprint density at radius 3 is 3.08 bits per heavy atom. The smallest absolute Gasteiger partial charge is 0.269 e. The zero-order valence-electron chi connectivity index (χ0n) is 6.14. The molecule has 0 spiro atoms. The molecule has 0 fully saturated rings. The van der Waals surface area contributed by atoms with Crippen LogP contribution < -0.4 is 5.73 Å². The van der Waals surface area contributed by atoms with Crippen molar-refractivity contribution in [2.24, 2.45) is 5.73 Å². The van der Waals surface area contributed by atoms with Gasteiger partial charge in [-0.2, -0.15) is 5.10 Å². The molecule has 0 atom stereocenters. The number of aromatic nitrogens is 3. The zero-order valence-corrected chi connectivity index (χ0v) is 6.14. The first-order valence-corrected chi connectivity index (χ1v) is 3.37. The molecule has 0 saturated heterocycles. The van der Waals surface area contributed by atoms with E-state index < -0.39 is 5.91 Å². The Bertz CT molecular complexity index is 401. The van der Waals surface area contributed by atoms with Crippen LogP contribution in [0.5, 0.6) is 0 Å². The second kappa shape index (κ2) is 2.30. The summed E-state index contributed by atoms with van der Waals surface area (Å²) in [6.07, 6.45) is 3.33. The first-order chi connectivity index (χ1) is 5.77. The van der Waals surface area contributed by atoms with E-state index in [1.165, 1.54) is 4.52 Å². The first-order valence-electron chi connectivity index (χ1n) is 3.37. The average Bonchev–Trinajstić information content (AvgIpc) is 2.46. The summed E-state index contributed by atoms with van der Waals surface area (Å²) in [5, 5.41) is 3.89. The molecule has 2 aromatic rings. The highest BCUT2D eigenvalue weighted by Crippen LogP contribution is 2.00. The highest BCUT2D eigenvalue weighted by Gasteiger charge is 2.05. The Hall–Kier alpha value is -1.91. The standard InChI is InChI=1S/C7H6N4O/c8-7(12)5-4-6-9-2-1-3-11(6)10-5/h1-4H,(H2,8,12). The third kappa shape index (κ3) is 0.914. The molecule has 0 bridgehead atoms. The lowest BCUT2D eigenvalue weighted by Crippen LogP contribution is -2.11. The molecular formula is C7H6N4O. The van der Waals surface area contributed by atoms with Gasteiger partial charge in [-0.05, 0) is 6.07 Å². The molecule has 5 heteroatoms. The van der Waals surface area contributed by atoms with Crippen molar-refractivity contribution in [1.82, 2.24) is 14.6 Å². The summed E-state index contributed by atoms with van der Waals surface area (Å²) in [7, 11) is 0. The maximum absolute atomic E-state index is 10.7. The summed E-state index contributed by atoms with van der Waals surface area (Å²) in [5.74, 6) is -0.541. The fourth-order valence-corrected chi connectivity index (χ4v) is 0.951. The Labute approximate surface area is 67.8 Å². The highest BCUT2D eigenvalue weighted by molar-refractivity contribution is 5.91. The number of amides is 1. The third-order valence-corrected chi connectivity index (χ3v) is 1.49. The number of fused-ring (bicyclic) bond motifs is 1. The summed E-state index contributed by atoms with van der Waals surface area (Å²) in [5.41, 5.74) is 5.88. The largest absolute Gasteiger partial charge is 0.364 e. The van der Waals surface area contributed by atoms with Crippen molar-refractivity contribution >= 4 is 11.6 Å². The lowest BCUT2D eigenvalue weighted by atomic mass is 10.4. The number of hydrogen-bond acceptors (Lipinski definition) is 3. The lowest BCUT2D eigenvalue weighted by Gasteiger charge is -1.86. The molecule has 0 radical (unpaired) electrons. The fourth-order valence-electron chi connectivity index (χ4n) is 0.951. The van der Waals surface area contributed by atoms with Crippen LogP contribution in [0.2, 0.25) is 0 Å². The first kappa shape index (κ1) is 6.78. The maximum atomic E-state index is 10.7. The predicted octanol–water partition coefficient (Wildman–Crippen LogP) is -0.172. The van der Waals surface area contributed by atoms with Gasteiger partial charge in [0.15, 0.2) is 11.3 Å². The van der Waals surface area contributed by atoms with Crippen molar-refractivity contribution in [2.75, 3.05) is 0 Å². The van der Waals surface area contributed by atoms with Crippen molar-refractivity contribution in [3.8, 4) is 0 Å². The third-order valence-electron chi connectivity index (χ3n) is 1.49. The van der Waals surface area contributed by atoms with Gasteiger partial charge < -0.3 is 5.73 Å². The minimum atomic E-state index is -0.541. The summed E-state index contributed by atoms with van der Waals surface area (Å²) < 4.78 is 1.50.